The predicted octanol–water partition coefficient (Wildman–Crippen LogP) is 1.62. The van der Waals surface area contributed by atoms with Crippen LogP contribution >= 0.6 is 0 Å². The number of halogens is 1. The van der Waals surface area contributed by atoms with Crippen LogP contribution in [0.25, 0.3) is 0 Å². The third kappa shape index (κ3) is 3.79. The fourth-order valence-corrected chi connectivity index (χ4v) is 5.11. The molecule has 5 nitrogen and oxygen atoms in total. The van der Waals surface area contributed by atoms with E-state index in [0.717, 1.165) is 13.1 Å². The van der Waals surface area contributed by atoms with Crippen LogP contribution in [0, 0.1) is 5.82 Å². The van der Waals surface area contributed by atoms with Gasteiger partial charge < -0.3 is 4.90 Å². The molecule has 1 unspecified atom stereocenters. The average molecular weight is 355 g/mol. The van der Waals surface area contributed by atoms with Crippen LogP contribution in [0.3, 0.4) is 0 Å². The van der Waals surface area contributed by atoms with Crippen molar-refractivity contribution in [3.8, 4) is 0 Å². The minimum atomic E-state index is -3.74. The molecule has 0 bridgehead atoms. The number of benzene rings is 1. The first-order chi connectivity index (χ1) is 11.5. The number of piperazine rings is 1. The maximum atomic E-state index is 13.8. The molecule has 0 spiro atoms. The van der Waals surface area contributed by atoms with Crippen LogP contribution in [-0.4, -0.2) is 74.9 Å². The van der Waals surface area contributed by atoms with Crippen LogP contribution in [0.15, 0.2) is 29.2 Å². The van der Waals surface area contributed by atoms with Crippen LogP contribution < -0.4 is 0 Å². The summed E-state index contributed by atoms with van der Waals surface area (Å²) in [6.07, 6.45) is 3.75. The third-order valence-corrected chi connectivity index (χ3v) is 7.11. The van der Waals surface area contributed by atoms with Crippen molar-refractivity contribution < 1.29 is 12.8 Å². The minimum absolute atomic E-state index is 0.217. The Bertz CT molecular complexity index is 660. The van der Waals surface area contributed by atoms with Crippen molar-refractivity contribution in [2.24, 2.45) is 0 Å². The smallest absolute Gasteiger partial charge is 0.246 e. The van der Waals surface area contributed by atoms with E-state index in [4.69, 9.17) is 0 Å². The number of sulfonamides is 1. The Morgan fingerprint density at radius 3 is 2.46 bits per heavy atom. The molecule has 3 rings (SSSR count). The molecule has 24 heavy (non-hydrogen) atoms. The Labute approximate surface area is 144 Å². The Balaban J connectivity index is 1.59. The topological polar surface area (TPSA) is 43.9 Å². The van der Waals surface area contributed by atoms with E-state index in [1.165, 1.54) is 41.8 Å². The van der Waals surface area contributed by atoms with Crippen LogP contribution in [0.4, 0.5) is 4.39 Å². The first kappa shape index (κ1) is 17.8. The first-order valence-electron chi connectivity index (χ1n) is 8.66. The summed E-state index contributed by atoms with van der Waals surface area (Å²) in [5, 5.41) is 0. The molecular weight excluding hydrogens is 329 g/mol. The zero-order valence-electron chi connectivity index (χ0n) is 14.2. The van der Waals surface area contributed by atoms with E-state index >= 15 is 0 Å². The predicted molar refractivity (Wildman–Crippen MR) is 91.9 cm³/mol. The summed E-state index contributed by atoms with van der Waals surface area (Å²) in [4.78, 5) is 4.52. The molecule has 0 aliphatic carbocycles. The van der Waals surface area contributed by atoms with Gasteiger partial charge in [0.1, 0.15) is 10.7 Å². The molecule has 1 aromatic rings. The summed E-state index contributed by atoms with van der Waals surface area (Å²) in [5.74, 6) is -0.677. The molecule has 0 radical (unpaired) electrons. The highest BCUT2D eigenvalue weighted by Gasteiger charge is 2.31. The molecule has 134 valence electrons. The van der Waals surface area contributed by atoms with Crippen molar-refractivity contribution in [1.29, 1.82) is 0 Å². The fraction of sp³-hybridized carbons (Fsp3) is 0.647. The van der Waals surface area contributed by atoms with E-state index in [2.05, 4.69) is 16.8 Å². The fourth-order valence-electron chi connectivity index (χ4n) is 3.62. The molecule has 0 aromatic heterocycles. The van der Waals surface area contributed by atoms with Crippen LogP contribution in [0.2, 0.25) is 0 Å². The molecule has 2 saturated heterocycles. The van der Waals surface area contributed by atoms with Crippen molar-refractivity contribution in [2.75, 3.05) is 46.3 Å². The van der Waals surface area contributed by atoms with Gasteiger partial charge in [0.05, 0.1) is 0 Å². The van der Waals surface area contributed by atoms with Crippen molar-refractivity contribution in [1.82, 2.24) is 14.1 Å². The highest BCUT2D eigenvalue weighted by molar-refractivity contribution is 7.89. The van der Waals surface area contributed by atoms with Gasteiger partial charge in [-0.15, -0.1) is 0 Å². The number of piperidine rings is 1. The molecule has 2 aliphatic rings. The Hall–Kier alpha value is -1.02. The second kappa shape index (κ2) is 7.47. The largest absolute Gasteiger partial charge is 0.302 e. The summed E-state index contributed by atoms with van der Waals surface area (Å²) in [6.45, 7) is 4.40. The normalized spacial score (nSPS) is 25.0. The van der Waals surface area contributed by atoms with Gasteiger partial charge in [-0.3, -0.25) is 4.90 Å². The Kier molecular flexibility index (Phi) is 5.54. The highest BCUT2D eigenvalue weighted by atomic mass is 32.2. The number of likely N-dealkylation sites (N-methyl/N-ethyl adjacent to an activating group) is 1. The van der Waals surface area contributed by atoms with E-state index in [9.17, 15) is 12.8 Å². The van der Waals surface area contributed by atoms with E-state index in [0.29, 0.717) is 32.2 Å². The summed E-state index contributed by atoms with van der Waals surface area (Å²) in [7, 11) is -1.57. The van der Waals surface area contributed by atoms with Crippen molar-refractivity contribution >= 4 is 10.0 Å². The lowest BCUT2D eigenvalue weighted by molar-refractivity contribution is 0.106. The standard InChI is InChI=1S/C17H26FN3O2S/c1-19-9-5-4-6-15(19)14-20-10-12-21(13-11-20)24(22,23)17-8-3-2-7-16(17)18/h2-3,7-8,15H,4-6,9-14H2,1H3. The number of hydrogen-bond donors (Lipinski definition) is 0. The minimum Gasteiger partial charge on any atom is -0.302 e. The third-order valence-electron chi connectivity index (χ3n) is 5.18. The van der Waals surface area contributed by atoms with Gasteiger partial charge in [-0.25, -0.2) is 12.8 Å². The summed E-state index contributed by atoms with van der Waals surface area (Å²) >= 11 is 0. The number of hydrogen-bond acceptors (Lipinski definition) is 4. The molecule has 1 aromatic carbocycles. The van der Waals surface area contributed by atoms with Gasteiger partial charge in [-0.05, 0) is 38.6 Å². The van der Waals surface area contributed by atoms with Crippen molar-refractivity contribution in [3.63, 3.8) is 0 Å². The van der Waals surface area contributed by atoms with E-state index in [-0.39, 0.29) is 4.90 Å². The van der Waals surface area contributed by atoms with E-state index in [1.54, 1.807) is 6.07 Å². The number of nitrogens with zero attached hydrogens (tertiary/aromatic N) is 3. The van der Waals surface area contributed by atoms with E-state index < -0.39 is 15.8 Å². The Morgan fingerprint density at radius 2 is 1.79 bits per heavy atom. The number of likely N-dealkylation sites (tertiary alicyclic amines) is 1. The van der Waals surface area contributed by atoms with Gasteiger partial charge in [0.15, 0.2) is 0 Å². The monoisotopic (exact) mass is 355 g/mol. The van der Waals surface area contributed by atoms with Crippen molar-refractivity contribution in [3.05, 3.63) is 30.1 Å². The molecule has 2 aliphatic heterocycles. The zero-order chi connectivity index (χ0) is 17.2. The average Bonchev–Trinajstić information content (AvgIpc) is 2.58. The molecule has 2 heterocycles. The maximum Gasteiger partial charge on any atom is 0.246 e. The lowest BCUT2D eigenvalue weighted by atomic mass is 10.0. The lowest BCUT2D eigenvalue weighted by Crippen LogP contribution is -2.53. The molecule has 0 N–H and O–H groups in total. The van der Waals surface area contributed by atoms with Gasteiger partial charge >= 0.3 is 0 Å². The van der Waals surface area contributed by atoms with Gasteiger partial charge in [0.2, 0.25) is 10.0 Å². The summed E-state index contributed by atoms with van der Waals surface area (Å²) in [6, 6.07) is 6.17. The highest BCUT2D eigenvalue weighted by Crippen LogP contribution is 2.21. The molecule has 7 heteroatoms. The molecule has 0 amide bonds. The molecule has 0 saturated carbocycles. The van der Waals surface area contributed by atoms with Crippen LogP contribution in [-0.2, 0) is 10.0 Å². The van der Waals surface area contributed by atoms with Gasteiger partial charge in [-0.2, -0.15) is 4.31 Å². The van der Waals surface area contributed by atoms with Gasteiger partial charge in [-0.1, -0.05) is 18.6 Å². The first-order valence-corrected chi connectivity index (χ1v) is 10.1. The van der Waals surface area contributed by atoms with Crippen LogP contribution in [0.1, 0.15) is 19.3 Å². The second-order valence-electron chi connectivity index (χ2n) is 6.77. The van der Waals surface area contributed by atoms with E-state index in [1.807, 2.05) is 0 Å². The van der Waals surface area contributed by atoms with Crippen LogP contribution in [0.5, 0.6) is 0 Å². The van der Waals surface area contributed by atoms with Gasteiger partial charge in [0, 0.05) is 38.8 Å². The van der Waals surface area contributed by atoms with Gasteiger partial charge in [0.25, 0.3) is 0 Å². The molecule has 2 fully saturated rings. The molecule has 1 atom stereocenters. The summed E-state index contributed by atoms with van der Waals surface area (Å²) in [5.41, 5.74) is 0. The van der Waals surface area contributed by atoms with Crippen molar-refractivity contribution in [2.45, 2.75) is 30.2 Å². The summed E-state index contributed by atoms with van der Waals surface area (Å²) < 4.78 is 40.5. The SMILES string of the molecule is CN1CCCCC1CN1CCN(S(=O)(=O)c2ccccc2F)CC1. The zero-order valence-corrected chi connectivity index (χ0v) is 15.0. The second-order valence-corrected chi connectivity index (χ2v) is 8.67. The maximum absolute atomic E-state index is 13.8. The Morgan fingerprint density at radius 1 is 1.08 bits per heavy atom. The molecular formula is C17H26FN3O2S. The quantitative estimate of drug-likeness (QED) is 0.823. The lowest BCUT2D eigenvalue weighted by Gasteiger charge is -2.39. The number of rotatable bonds is 4.